The zero-order valence-electron chi connectivity index (χ0n) is 62.7. The molecule has 3 heterocycles. The normalized spacial score (nSPS) is 11.9. The van der Waals surface area contributed by atoms with E-state index in [1.807, 2.05) is 34.0 Å². The van der Waals surface area contributed by atoms with Gasteiger partial charge in [0.15, 0.2) is 0 Å². The number of para-hydroxylation sites is 1. The zero-order chi connectivity index (χ0) is 75.8. The lowest BCUT2D eigenvalue weighted by Crippen LogP contribution is -2.11. The van der Waals surface area contributed by atoms with Crippen molar-refractivity contribution in [3.05, 3.63) is 406 Å². The molecule has 25 aromatic rings. The molecule has 0 amide bonds. The Morgan fingerprint density at radius 1 is 0.174 bits per heavy atom. The SMILES string of the molecule is Cc1cccc(N(c2ccc3ccc4cccc5ccc2c3c45)c2cccc3c2sc2ccccc23)c1.c1ccc(-c2ccc(N(c3ccc4ccc5cccc6ccc3c4c56)c3cccc4c3sc3ccccc34)cc2)cc1.c1ccc(N(c2ccc3ccc4cccc5ccc2c3c45)c2cccc3c2sc2ccccc23)cc1. The van der Waals surface area contributed by atoms with Crippen molar-refractivity contribution in [2.75, 3.05) is 14.7 Å². The number of aryl methyl sites for hydroxylation is 1. The average Bonchev–Trinajstić information content (AvgIpc) is 0.932. The van der Waals surface area contributed by atoms with Crippen molar-refractivity contribution < 1.29 is 0 Å². The van der Waals surface area contributed by atoms with Crippen LogP contribution in [0, 0.1) is 6.92 Å². The maximum Gasteiger partial charge on any atom is 0.0640 e. The second-order valence-corrected chi connectivity index (χ2v) is 33.3. The highest BCUT2D eigenvalue weighted by Crippen LogP contribution is 2.53. The molecule has 0 spiro atoms. The van der Waals surface area contributed by atoms with Gasteiger partial charge in [-0.15, -0.1) is 34.0 Å². The molecule has 0 saturated carbocycles. The van der Waals surface area contributed by atoms with Crippen LogP contribution in [0.25, 0.3) is 169 Å². The predicted molar refractivity (Wildman–Crippen MR) is 503 cm³/mol. The first-order chi connectivity index (χ1) is 57.0. The summed E-state index contributed by atoms with van der Waals surface area (Å²) in [6.07, 6.45) is 0. The fourth-order valence-corrected chi connectivity index (χ4v) is 22.1. The average molecular weight is 1520 g/mol. The highest BCUT2D eigenvalue weighted by atomic mass is 32.1. The largest absolute Gasteiger partial charge is 0.308 e. The minimum Gasteiger partial charge on any atom is -0.308 e. The zero-order valence-corrected chi connectivity index (χ0v) is 65.1. The standard InChI is InChI=1S/C40H25NS.C35H23NS.C34H21NS/c1-2-8-26(9-3-1)27-18-22-31(23-19-27)41(36-14-7-13-33-32-12-4-5-15-37(32)42-40(33)36)35-25-21-30-17-16-28-10-6-11-29-20-24-34(35)39(30)38(28)29;1-22-7-4-10-26(21-22)36(31-13-6-12-28-27-11-2-3-14-32(27)37-35(28)31)30-20-18-25-16-15-23-8-5-9-24-17-19-29(30)34(25)33(23)24;1-2-10-25(11-3-1)35(30-14-7-13-27-26-12-4-5-15-31(26)36-34(27)30)29-21-19-24-17-16-22-8-6-9-23-18-20-28(29)33(24)32(22)23/h1-25H;2-21H,1H3;1-21H. The molecule has 0 unspecified atom stereocenters. The molecule has 538 valence electrons. The first kappa shape index (κ1) is 66.8. The van der Waals surface area contributed by atoms with Gasteiger partial charge in [0.05, 0.1) is 48.2 Å². The van der Waals surface area contributed by atoms with Gasteiger partial charge in [-0.3, -0.25) is 0 Å². The number of anilines is 9. The summed E-state index contributed by atoms with van der Waals surface area (Å²) in [6, 6.07) is 147. The second kappa shape index (κ2) is 27.2. The number of rotatable bonds is 10. The number of hydrogen-bond acceptors (Lipinski definition) is 6. The second-order valence-electron chi connectivity index (χ2n) is 30.2. The van der Waals surface area contributed by atoms with Gasteiger partial charge in [0, 0.05) is 79.6 Å². The van der Waals surface area contributed by atoms with Crippen LogP contribution >= 0.6 is 34.0 Å². The Bertz CT molecular complexity index is 8030. The minimum absolute atomic E-state index is 1.15. The summed E-state index contributed by atoms with van der Waals surface area (Å²) in [5.41, 5.74) is 14.4. The van der Waals surface area contributed by atoms with Crippen LogP contribution in [-0.2, 0) is 0 Å². The van der Waals surface area contributed by atoms with Crippen molar-refractivity contribution in [3.63, 3.8) is 0 Å². The Hall–Kier alpha value is -14.0. The molecule has 0 aliphatic carbocycles. The van der Waals surface area contributed by atoms with Gasteiger partial charge >= 0.3 is 0 Å². The molecule has 3 nitrogen and oxygen atoms in total. The maximum atomic E-state index is 2.47. The maximum absolute atomic E-state index is 2.47. The fourth-order valence-electron chi connectivity index (χ4n) is 18.5. The minimum atomic E-state index is 1.15. The van der Waals surface area contributed by atoms with Gasteiger partial charge in [-0.05, 0) is 195 Å². The number of nitrogens with zero attached hydrogens (tertiary/aromatic N) is 3. The molecule has 0 aliphatic rings. The number of hydrogen-bond donors (Lipinski definition) is 0. The van der Waals surface area contributed by atoms with Gasteiger partial charge in [0.2, 0.25) is 0 Å². The van der Waals surface area contributed by atoms with Crippen molar-refractivity contribution in [1.29, 1.82) is 0 Å². The molecule has 0 aliphatic heterocycles. The van der Waals surface area contributed by atoms with Crippen molar-refractivity contribution in [2.45, 2.75) is 6.92 Å². The van der Waals surface area contributed by atoms with E-state index in [1.54, 1.807) is 0 Å². The molecule has 25 rings (SSSR count). The van der Waals surface area contributed by atoms with Crippen molar-refractivity contribution in [3.8, 4) is 11.1 Å². The monoisotopic (exact) mass is 1520 g/mol. The summed E-state index contributed by atoms with van der Waals surface area (Å²) < 4.78 is 7.89. The first-order valence-corrected chi connectivity index (χ1v) is 41.8. The predicted octanol–water partition coefficient (Wildman–Crippen LogP) is 33.2. The lowest BCUT2D eigenvalue weighted by atomic mass is 9.93. The molecule has 22 aromatic carbocycles. The molecule has 0 saturated heterocycles. The number of thiophene rings is 3. The Labute approximate surface area is 676 Å². The van der Waals surface area contributed by atoms with Gasteiger partial charge in [-0.2, -0.15) is 0 Å². The lowest BCUT2D eigenvalue weighted by Gasteiger charge is -2.28. The molecule has 115 heavy (non-hydrogen) atoms. The summed E-state index contributed by atoms with van der Waals surface area (Å²) in [5.74, 6) is 0. The van der Waals surface area contributed by atoms with E-state index in [0.29, 0.717) is 0 Å². The van der Waals surface area contributed by atoms with E-state index in [4.69, 9.17) is 0 Å². The van der Waals surface area contributed by atoms with E-state index in [0.717, 1.165) is 11.4 Å². The summed E-state index contributed by atoms with van der Waals surface area (Å²) >= 11 is 5.64. The van der Waals surface area contributed by atoms with Crippen LogP contribution in [0.4, 0.5) is 51.2 Å². The Balaban J connectivity index is 0.000000102. The third kappa shape index (κ3) is 11.0. The highest BCUT2D eigenvalue weighted by molar-refractivity contribution is 7.27. The molecule has 0 radical (unpaired) electrons. The van der Waals surface area contributed by atoms with E-state index in [1.165, 1.54) is 214 Å². The summed E-state index contributed by atoms with van der Waals surface area (Å²) in [5, 5.41) is 31.3. The molecule has 0 N–H and O–H groups in total. The van der Waals surface area contributed by atoms with Crippen LogP contribution in [-0.4, -0.2) is 0 Å². The van der Waals surface area contributed by atoms with Gasteiger partial charge in [0.1, 0.15) is 0 Å². The smallest absolute Gasteiger partial charge is 0.0640 e. The topological polar surface area (TPSA) is 9.72 Å². The van der Waals surface area contributed by atoms with Crippen molar-refractivity contribution in [1.82, 2.24) is 0 Å². The van der Waals surface area contributed by atoms with Crippen LogP contribution in [0.2, 0.25) is 0 Å². The summed E-state index contributed by atoms with van der Waals surface area (Å²) in [7, 11) is 0. The van der Waals surface area contributed by atoms with Crippen molar-refractivity contribution >= 4 is 243 Å². The van der Waals surface area contributed by atoms with Crippen LogP contribution in [0.1, 0.15) is 5.56 Å². The third-order valence-corrected chi connectivity index (χ3v) is 27.2. The molecule has 0 atom stereocenters. The van der Waals surface area contributed by atoms with E-state index >= 15 is 0 Å². The van der Waals surface area contributed by atoms with E-state index in [9.17, 15) is 0 Å². The molecule has 3 aromatic heterocycles. The van der Waals surface area contributed by atoms with Gasteiger partial charge in [-0.25, -0.2) is 0 Å². The van der Waals surface area contributed by atoms with Crippen LogP contribution < -0.4 is 14.7 Å². The fraction of sp³-hybridized carbons (Fsp3) is 0.00917. The first-order valence-electron chi connectivity index (χ1n) is 39.3. The lowest BCUT2D eigenvalue weighted by molar-refractivity contribution is 1.30. The molecular weight excluding hydrogens is 1450 g/mol. The summed E-state index contributed by atoms with van der Waals surface area (Å²) in [6.45, 7) is 2.17. The van der Waals surface area contributed by atoms with Crippen molar-refractivity contribution in [2.24, 2.45) is 0 Å². The quantitative estimate of drug-likeness (QED) is 0.126. The molecule has 6 heteroatoms. The van der Waals surface area contributed by atoms with Crippen LogP contribution in [0.5, 0.6) is 0 Å². The van der Waals surface area contributed by atoms with E-state index < -0.39 is 0 Å². The Kier molecular flexibility index (Phi) is 15.8. The molecule has 0 fully saturated rings. The van der Waals surface area contributed by atoms with Crippen LogP contribution in [0.15, 0.2) is 400 Å². The van der Waals surface area contributed by atoms with Gasteiger partial charge < -0.3 is 14.7 Å². The Morgan fingerprint density at radius 2 is 0.452 bits per heavy atom. The van der Waals surface area contributed by atoms with Gasteiger partial charge in [0.25, 0.3) is 0 Å². The molecular formula is C109H69N3S3. The highest BCUT2D eigenvalue weighted by Gasteiger charge is 2.26. The van der Waals surface area contributed by atoms with Crippen LogP contribution in [0.3, 0.4) is 0 Å². The number of benzene rings is 22. The number of fused-ring (bicyclic) bond motifs is 9. The Morgan fingerprint density at radius 3 is 0.835 bits per heavy atom. The van der Waals surface area contributed by atoms with E-state index in [2.05, 4.69) is 422 Å². The van der Waals surface area contributed by atoms with E-state index in [-0.39, 0.29) is 0 Å². The van der Waals surface area contributed by atoms with Gasteiger partial charge in [-0.1, -0.05) is 309 Å². The third-order valence-electron chi connectivity index (χ3n) is 23.6. The summed E-state index contributed by atoms with van der Waals surface area (Å²) in [4.78, 5) is 7.39. The molecule has 0 bridgehead atoms.